The van der Waals surface area contributed by atoms with E-state index in [4.69, 9.17) is 0 Å². The fourth-order valence-electron chi connectivity index (χ4n) is 2.16. The summed E-state index contributed by atoms with van der Waals surface area (Å²) >= 11 is 0. The Balaban J connectivity index is 2.71. The van der Waals surface area contributed by atoms with Crippen LogP contribution in [0.3, 0.4) is 0 Å². The Morgan fingerprint density at radius 2 is 1.50 bits per heavy atom. The highest BCUT2D eigenvalue weighted by molar-refractivity contribution is 4.98. The molecule has 0 spiro atoms. The van der Waals surface area contributed by atoms with Crippen LogP contribution in [0.5, 0.6) is 0 Å². The first kappa shape index (κ1) is 12.0. The summed E-state index contributed by atoms with van der Waals surface area (Å²) < 4.78 is 0. The van der Waals surface area contributed by atoms with E-state index in [0.717, 1.165) is 25.7 Å². The van der Waals surface area contributed by atoms with Crippen LogP contribution < -0.4 is 0 Å². The van der Waals surface area contributed by atoms with Gasteiger partial charge in [0.2, 0.25) is 0 Å². The maximum atomic E-state index is 10.5. The van der Waals surface area contributed by atoms with Gasteiger partial charge in [-0.2, -0.15) is 0 Å². The zero-order valence-corrected chi connectivity index (χ0v) is 9.93. The second-order valence-corrected chi connectivity index (χ2v) is 6.24. The Kier molecular flexibility index (Phi) is 2.99. The summed E-state index contributed by atoms with van der Waals surface area (Å²) in [6, 6.07) is 0. The lowest BCUT2D eigenvalue weighted by Crippen LogP contribution is -2.50. The van der Waals surface area contributed by atoms with E-state index in [2.05, 4.69) is 13.8 Å². The highest BCUT2D eigenvalue weighted by Crippen LogP contribution is 2.47. The molecule has 0 atom stereocenters. The summed E-state index contributed by atoms with van der Waals surface area (Å²) in [6.45, 7) is 8.46. The van der Waals surface area contributed by atoms with Crippen LogP contribution >= 0.6 is 0 Å². The Morgan fingerprint density at radius 1 is 1.07 bits per heavy atom. The zero-order chi connectivity index (χ0) is 11.0. The van der Waals surface area contributed by atoms with Gasteiger partial charge in [0.25, 0.3) is 0 Å². The van der Waals surface area contributed by atoms with Crippen LogP contribution in [0.2, 0.25) is 0 Å². The minimum Gasteiger partial charge on any atom is -0.396 e. The van der Waals surface area contributed by atoms with E-state index in [1.807, 2.05) is 13.8 Å². The molecule has 84 valence electrons. The Bertz CT molecular complexity index is 196. The Morgan fingerprint density at radius 3 is 1.86 bits per heavy atom. The number of rotatable bonds is 2. The van der Waals surface area contributed by atoms with E-state index >= 15 is 0 Å². The lowest BCUT2D eigenvalue weighted by Gasteiger charge is -2.48. The number of hydrogen-bond acceptors (Lipinski definition) is 2. The van der Waals surface area contributed by atoms with Gasteiger partial charge in [0.15, 0.2) is 0 Å². The van der Waals surface area contributed by atoms with Crippen molar-refractivity contribution >= 4 is 0 Å². The van der Waals surface area contributed by atoms with Crippen LogP contribution in [0.1, 0.15) is 53.4 Å². The Labute approximate surface area is 87.3 Å². The summed E-state index contributed by atoms with van der Waals surface area (Å²) in [5.74, 6) is 0. The van der Waals surface area contributed by atoms with Gasteiger partial charge < -0.3 is 10.2 Å². The Hall–Kier alpha value is -0.0800. The molecule has 2 heteroatoms. The fraction of sp³-hybridized carbons (Fsp3) is 1.00. The van der Waals surface area contributed by atoms with Crippen LogP contribution in [-0.4, -0.2) is 22.4 Å². The molecule has 0 aromatic rings. The average Bonchev–Trinajstić information content (AvgIpc) is 2.10. The lowest BCUT2D eigenvalue weighted by molar-refractivity contribution is -0.127. The van der Waals surface area contributed by atoms with Gasteiger partial charge in [-0.05, 0) is 31.1 Å². The van der Waals surface area contributed by atoms with Crippen molar-refractivity contribution in [2.45, 2.75) is 59.0 Å². The summed E-state index contributed by atoms with van der Waals surface area (Å²) in [5.41, 5.74) is -0.682. The molecule has 0 heterocycles. The first-order valence-electron chi connectivity index (χ1n) is 5.56. The van der Waals surface area contributed by atoms with Crippen molar-refractivity contribution < 1.29 is 10.2 Å². The maximum absolute atomic E-state index is 10.5. The molecule has 1 rings (SSSR count). The molecular weight excluding hydrogens is 176 g/mol. The summed E-state index contributed by atoms with van der Waals surface area (Å²) in [5, 5.41) is 19.8. The van der Waals surface area contributed by atoms with E-state index < -0.39 is 5.60 Å². The van der Waals surface area contributed by atoms with E-state index in [-0.39, 0.29) is 12.0 Å². The van der Waals surface area contributed by atoms with Gasteiger partial charge in [0, 0.05) is 5.41 Å². The van der Waals surface area contributed by atoms with Crippen molar-refractivity contribution in [1.82, 2.24) is 0 Å². The highest BCUT2D eigenvalue weighted by Gasteiger charge is 2.46. The largest absolute Gasteiger partial charge is 0.396 e. The quantitative estimate of drug-likeness (QED) is 0.718. The maximum Gasteiger partial charge on any atom is 0.0720 e. The summed E-state index contributed by atoms with van der Waals surface area (Å²) in [7, 11) is 0. The summed E-state index contributed by atoms with van der Waals surface area (Å²) in [6.07, 6.45) is 3.72. The average molecular weight is 200 g/mol. The molecule has 14 heavy (non-hydrogen) atoms. The lowest BCUT2D eigenvalue weighted by atomic mass is 9.62. The first-order valence-corrected chi connectivity index (χ1v) is 5.56. The molecule has 0 unspecified atom stereocenters. The molecule has 0 bridgehead atoms. The van der Waals surface area contributed by atoms with Gasteiger partial charge in [-0.25, -0.2) is 0 Å². The number of hydrogen-bond donors (Lipinski definition) is 2. The van der Waals surface area contributed by atoms with Crippen LogP contribution in [0, 0.1) is 10.8 Å². The molecule has 2 N–H and O–H groups in total. The molecule has 1 fully saturated rings. The van der Waals surface area contributed by atoms with Gasteiger partial charge >= 0.3 is 0 Å². The normalized spacial score (nSPS) is 26.1. The third kappa shape index (κ3) is 2.12. The van der Waals surface area contributed by atoms with E-state index in [9.17, 15) is 10.2 Å². The van der Waals surface area contributed by atoms with Crippen molar-refractivity contribution in [3.63, 3.8) is 0 Å². The molecule has 1 aliphatic rings. The predicted molar refractivity (Wildman–Crippen MR) is 58.1 cm³/mol. The topological polar surface area (TPSA) is 40.5 Å². The molecular formula is C12H24O2. The van der Waals surface area contributed by atoms with Crippen LogP contribution in [0.4, 0.5) is 0 Å². The van der Waals surface area contributed by atoms with Gasteiger partial charge in [-0.15, -0.1) is 0 Å². The second kappa shape index (κ2) is 3.49. The molecule has 0 aromatic heterocycles. The predicted octanol–water partition coefficient (Wildman–Crippen LogP) is 2.34. The second-order valence-electron chi connectivity index (χ2n) is 6.24. The van der Waals surface area contributed by atoms with Gasteiger partial charge in [0.05, 0.1) is 12.2 Å². The molecule has 1 aliphatic carbocycles. The van der Waals surface area contributed by atoms with Gasteiger partial charge in [-0.1, -0.05) is 27.7 Å². The molecule has 2 nitrogen and oxygen atoms in total. The zero-order valence-electron chi connectivity index (χ0n) is 9.93. The summed E-state index contributed by atoms with van der Waals surface area (Å²) in [4.78, 5) is 0. The number of aliphatic hydroxyl groups is 2. The van der Waals surface area contributed by atoms with Gasteiger partial charge in [-0.3, -0.25) is 0 Å². The smallest absolute Gasteiger partial charge is 0.0720 e. The minimum absolute atomic E-state index is 0.0595. The van der Waals surface area contributed by atoms with E-state index in [1.54, 1.807) is 0 Å². The third-order valence-corrected chi connectivity index (χ3v) is 4.09. The van der Waals surface area contributed by atoms with Crippen molar-refractivity contribution in [2.75, 3.05) is 6.61 Å². The van der Waals surface area contributed by atoms with E-state index in [0.29, 0.717) is 5.41 Å². The van der Waals surface area contributed by atoms with Crippen LogP contribution in [-0.2, 0) is 0 Å². The van der Waals surface area contributed by atoms with Gasteiger partial charge in [0.1, 0.15) is 0 Å². The van der Waals surface area contributed by atoms with Crippen molar-refractivity contribution in [2.24, 2.45) is 10.8 Å². The monoisotopic (exact) mass is 200 g/mol. The van der Waals surface area contributed by atoms with Crippen molar-refractivity contribution in [3.05, 3.63) is 0 Å². The van der Waals surface area contributed by atoms with Crippen LogP contribution in [0.25, 0.3) is 0 Å². The standard InChI is InChI=1S/C12H24O2/c1-10(2)5-7-12(14,8-6-10)11(3,4)9-13/h13-14H,5-9H2,1-4H3. The molecule has 0 aromatic carbocycles. The minimum atomic E-state index is -0.669. The molecule has 1 saturated carbocycles. The van der Waals surface area contributed by atoms with Crippen molar-refractivity contribution in [1.29, 1.82) is 0 Å². The molecule has 0 aliphatic heterocycles. The van der Waals surface area contributed by atoms with Crippen LogP contribution in [0.15, 0.2) is 0 Å². The first-order chi connectivity index (χ1) is 6.22. The fourth-order valence-corrected chi connectivity index (χ4v) is 2.16. The highest BCUT2D eigenvalue weighted by atomic mass is 16.3. The molecule has 0 radical (unpaired) electrons. The SMILES string of the molecule is CC1(C)CCC(O)(C(C)(C)CO)CC1. The molecule has 0 amide bonds. The van der Waals surface area contributed by atoms with E-state index in [1.165, 1.54) is 0 Å². The number of aliphatic hydroxyl groups excluding tert-OH is 1. The third-order valence-electron chi connectivity index (χ3n) is 4.09. The van der Waals surface area contributed by atoms with Crippen molar-refractivity contribution in [3.8, 4) is 0 Å². The molecule has 0 saturated heterocycles.